The average molecular weight is 355 g/mol. The van der Waals surface area contributed by atoms with Crippen molar-refractivity contribution in [2.24, 2.45) is 0 Å². The van der Waals surface area contributed by atoms with Crippen molar-refractivity contribution in [1.82, 2.24) is 14.7 Å². The van der Waals surface area contributed by atoms with Gasteiger partial charge in [-0.2, -0.15) is 4.98 Å². The second-order valence-electron chi connectivity index (χ2n) is 5.26. The number of nitrogens with two attached hydrogens (primary N) is 1. The molecule has 3 rings (SSSR count). The number of hydrogen-bond acceptors (Lipinski definition) is 6. The number of aromatic nitrogens is 2. The van der Waals surface area contributed by atoms with Crippen LogP contribution >= 0.6 is 0 Å². The summed E-state index contributed by atoms with van der Waals surface area (Å²) in [6.45, 7) is 0.239. The smallest absolute Gasteiger partial charge is 0.240 e. The average Bonchev–Trinajstić information content (AvgIpc) is 2.62. The van der Waals surface area contributed by atoms with E-state index in [0.29, 0.717) is 11.5 Å². The number of anilines is 3. The number of nitrogens with zero attached hydrogens (tertiary/aromatic N) is 2. The maximum absolute atomic E-state index is 12.4. The molecule has 0 saturated carbocycles. The summed E-state index contributed by atoms with van der Waals surface area (Å²) in [6.07, 6.45) is 1.54. The van der Waals surface area contributed by atoms with Crippen LogP contribution in [0.25, 0.3) is 0 Å². The molecule has 2 aromatic carbocycles. The summed E-state index contributed by atoms with van der Waals surface area (Å²) in [5.41, 5.74) is 7.11. The zero-order chi connectivity index (χ0) is 17.7. The van der Waals surface area contributed by atoms with Crippen LogP contribution in [0.15, 0.2) is 71.8 Å². The summed E-state index contributed by atoms with van der Waals surface area (Å²) in [5, 5.41) is 3.03. The van der Waals surface area contributed by atoms with E-state index >= 15 is 0 Å². The molecule has 0 spiro atoms. The molecule has 0 saturated heterocycles. The molecule has 0 radical (unpaired) electrons. The van der Waals surface area contributed by atoms with Gasteiger partial charge < -0.3 is 11.1 Å². The first-order chi connectivity index (χ1) is 12.0. The highest BCUT2D eigenvalue weighted by atomic mass is 32.2. The van der Waals surface area contributed by atoms with Crippen molar-refractivity contribution in [3.8, 4) is 0 Å². The zero-order valence-electron chi connectivity index (χ0n) is 13.3. The Morgan fingerprint density at radius 3 is 2.36 bits per heavy atom. The third kappa shape index (κ3) is 4.52. The first kappa shape index (κ1) is 16.9. The molecule has 128 valence electrons. The summed E-state index contributed by atoms with van der Waals surface area (Å²) in [7, 11) is -3.58. The Kier molecular flexibility index (Phi) is 4.92. The molecule has 0 bridgehead atoms. The summed E-state index contributed by atoms with van der Waals surface area (Å²) in [5.74, 6) is 0.694. The van der Waals surface area contributed by atoms with Crippen LogP contribution in [-0.2, 0) is 16.6 Å². The summed E-state index contributed by atoms with van der Waals surface area (Å²) in [4.78, 5) is 8.03. The lowest BCUT2D eigenvalue weighted by Gasteiger charge is -2.09. The fourth-order valence-electron chi connectivity index (χ4n) is 2.17. The van der Waals surface area contributed by atoms with Gasteiger partial charge >= 0.3 is 0 Å². The third-order valence-electron chi connectivity index (χ3n) is 3.42. The van der Waals surface area contributed by atoms with Crippen LogP contribution in [0.2, 0.25) is 0 Å². The molecule has 8 heteroatoms. The SMILES string of the molecule is Nc1nccc(Nc2ccc(S(=O)(=O)NCc3ccccc3)cc2)n1. The predicted octanol–water partition coefficient (Wildman–Crippen LogP) is 2.28. The highest BCUT2D eigenvalue weighted by Crippen LogP contribution is 2.18. The van der Waals surface area contributed by atoms with Gasteiger partial charge in [0.05, 0.1) is 4.90 Å². The van der Waals surface area contributed by atoms with Crippen molar-refractivity contribution in [3.63, 3.8) is 0 Å². The Morgan fingerprint density at radius 1 is 0.960 bits per heavy atom. The van der Waals surface area contributed by atoms with Gasteiger partial charge in [-0.1, -0.05) is 30.3 Å². The van der Waals surface area contributed by atoms with E-state index in [1.54, 1.807) is 18.2 Å². The highest BCUT2D eigenvalue weighted by Gasteiger charge is 2.13. The summed E-state index contributed by atoms with van der Waals surface area (Å²) < 4.78 is 27.3. The number of nitrogens with one attached hydrogen (secondary N) is 2. The van der Waals surface area contributed by atoms with Crippen LogP contribution in [0.4, 0.5) is 17.5 Å². The fraction of sp³-hybridized carbons (Fsp3) is 0.0588. The molecule has 0 aliphatic heterocycles. The van der Waals surface area contributed by atoms with Crippen LogP contribution in [0.3, 0.4) is 0 Å². The maximum atomic E-state index is 12.4. The minimum absolute atomic E-state index is 0.161. The Labute approximate surface area is 146 Å². The normalized spacial score (nSPS) is 11.2. The van der Waals surface area contributed by atoms with Gasteiger partial charge in [-0.15, -0.1) is 0 Å². The van der Waals surface area contributed by atoms with E-state index in [1.807, 2.05) is 30.3 Å². The lowest BCUT2D eigenvalue weighted by atomic mass is 10.2. The van der Waals surface area contributed by atoms with Gasteiger partial charge in [-0.25, -0.2) is 18.1 Å². The quantitative estimate of drug-likeness (QED) is 0.626. The Bertz CT molecular complexity index is 944. The molecule has 7 nitrogen and oxygen atoms in total. The third-order valence-corrected chi connectivity index (χ3v) is 4.84. The number of hydrogen-bond donors (Lipinski definition) is 3. The van der Waals surface area contributed by atoms with E-state index in [0.717, 1.165) is 5.56 Å². The molecule has 1 heterocycles. The number of benzene rings is 2. The van der Waals surface area contributed by atoms with Crippen molar-refractivity contribution in [3.05, 3.63) is 72.4 Å². The summed E-state index contributed by atoms with van der Waals surface area (Å²) >= 11 is 0. The van der Waals surface area contributed by atoms with E-state index in [-0.39, 0.29) is 17.4 Å². The maximum Gasteiger partial charge on any atom is 0.240 e. The van der Waals surface area contributed by atoms with Crippen LogP contribution in [0.5, 0.6) is 0 Å². The van der Waals surface area contributed by atoms with Crippen molar-refractivity contribution in [2.75, 3.05) is 11.1 Å². The minimum atomic E-state index is -3.58. The van der Waals surface area contributed by atoms with Crippen LogP contribution in [0.1, 0.15) is 5.56 Å². The molecule has 4 N–H and O–H groups in total. The topological polar surface area (TPSA) is 110 Å². The van der Waals surface area contributed by atoms with Crippen molar-refractivity contribution in [1.29, 1.82) is 0 Å². The Hall–Kier alpha value is -2.97. The van der Waals surface area contributed by atoms with Crippen LogP contribution in [0, 0.1) is 0 Å². The van der Waals surface area contributed by atoms with E-state index in [1.165, 1.54) is 18.3 Å². The van der Waals surface area contributed by atoms with E-state index < -0.39 is 10.0 Å². The monoisotopic (exact) mass is 355 g/mol. The number of sulfonamides is 1. The van der Waals surface area contributed by atoms with Gasteiger partial charge in [-0.3, -0.25) is 0 Å². The molecule has 0 unspecified atom stereocenters. The zero-order valence-corrected chi connectivity index (χ0v) is 14.1. The molecule has 0 atom stereocenters. The van der Waals surface area contributed by atoms with Gasteiger partial charge in [0.25, 0.3) is 0 Å². The lowest BCUT2D eigenvalue weighted by molar-refractivity contribution is 0.581. The second kappa shape index (κ2) is 7.29. The highest BCUT2D eigenvalue weighted by molar-refractivity contribution is 7.89. The molecule has 0 fully saturated rings. The molecular weight excluding hydrogens is 338 g/mol. The van der Waals surface area contributed by atoms with Gasteiger partial charge in [0.2, 0.25) is 16.0 Å². The fourth-order valence-corrected chi connectivity index (χ4v) is 3.18. The lowest BCUT2D eigenvalue weighted by Crippen LogP contribution is -2.23. The van der Waals surface area contributed by atoms with Crippen LogP contribution in [-0.4, -0.2) is 18.4 Å². The van der Waals surface area contributed by atoms with Crippen LogP contribution < -0.4 is 15.8 Å². The molecule has 0 aliphatic carbocycles. The molecule has 0 amide bonds. The number of nitrogen functional groups attached to an aromatic ring is 1. The van der Waals surface area contributed by atoms with Gasteiger partial charge in [0.15, 0.2) is 0 Å². The second-order valence-corrected chi connectivity index (χ2v) is 7.03. The molecule has 3 aromatic rings. The van der Waals surface area contributed by atoms with Crippen molar-refractivity contribution in [2.45, 2.75) is 11.4 Å². The van der Waals surface area contributed by atoms with Crippen molar-refractivity contribution < 1.29 is 8.42 Å². The first-order valence-corrected chi connectivity index (χ1v) is 9.00. The minimum Gasteiger partial charge on any atom is -0.368 e. The standard InChI is InChI=1S/C17H17N5O2S/c18-17-19-11-10-16(22-17)21-14-6-8-15(9-7-14)25(23,24)20-12-13-4-2-1-3-5-13/h1-11,20H,12H2,(H3,18,19,21,22). The van der Waals surface area contributed by atoms with Crippen molar-refractivity contribution >= 4 is 27.5 Å². The van der Waals surface area contributed by atoms with Gasteiger partial charge in [0.1, 0.15) is 5.82 Å². The van der Waals surface area contributed by atoms with E-state index in [4.69, 9.17) is 5.73 Å². The molecule has 1 aromatic heterocycles. The summed E-state index contributed by atoms with van der Waals surface area (Å²) in [6, 6.07) is 17.4. The van der Waals surface area contributed by atoms with Gasteiger partial charge in [-0.05, 0) is 35.9 Å². The number of rotatable bonds is 6. The molecular formula is C17H17N5O2S. The first-order valence-electron chi connectivity index (χ1n) is 7.52. The Morgan fingerprint density at radius 2 is 1.68 bits per heavy atom. The van der Waals surface area contributed by atoms with E-state index in [2.05, 4.69) is 20.0 Å². The Balaban J connectivity index is 1.68. The van der Waals surface area contributed by atoms with E-state index in [9.17, 15) is 8.42 Å². The van der Waals surface area contributed by atoms with Gasteiger partial charge in [0, 0.05) is 18.4 Å². The molecule has 0 aliphatic rings. The predicted molar refractivity (Wildman–Crippen MR) is 96.6 cm³/mol. The molecule has 25 heavy (non-hydrogen) atoms. The largest absolute Gasteiger partial charge is 0.368 e.